The first kappa shape index (κ1) is 20.5. The van der Waals surface area contributed by atoms with Crippen LogP contribution in [0.5, 0.6) is 0 Å². The molecule has 0 saturated heterocycles. The molecule has 0 unspecified atom stereocenters. The number of carbonyl (C=O) groups excluding carboxylic acids is 1. The number of rotatable bonds is 11. The highest BCUT2D eigenvalue weighted by Crippen LogP contribution is 2.22. The molecule has 1 aromatic heterocycles. The molecular formula is C20H30N4OS. The van der Waals surface area contributed by atoms with Gasteiger partial charge < -0.3 is 4.90 Å². The molecule has 26 heavy (non-hydrogen) atoms. The summed E-state index contributed by atoms with van der Waals surface area (Å²) in [5.74, 6) is 2.13. The first-order valence-electron chi connectivity index (χ1n) is 9.55. The molecule has 0 saturated carbocycles. The summed E-state index contributed by atoms with van der Waals surface area (Å²) in [5, 5.41) is 9.43. The first-order chi connectivity index (χ1) is 12.7. The van der Waals surface area contributed by atoms with Crippen LogP contribution in [0.2, 0.25) is 0 Å². The Balaban J connectivity index is 1.80. The van der Waals surface area contributed by atoms with Crippen LogP contribution in [0.25, 0.3) is 5.69 Å². The molecular weight excluding hydrogens is 344 g/mol. The number of benzene rings is 1. The van der Waals surface area contributed by atoms with E-state index in [-0.39, 0.29) is 0 Å². The highest BCUT2D eigenvalue weighted by Gasteiger charge is 2.13. The van der Waals surface area contributed by atoms with Crippen LogP contribution in [-0.4, -0.2) is 44.4 Å². The lowest BCUT2D eigenvalue weighted by atomic mass is 10.2. The number of nitrogens with zero attached hydrogens (tertiary/aromatic N) is 4. The number of amides is 1. The second-order valence-corrected chi connectivity index (χ2v) is 7.45. The molecule has 0 aliphatic carbocycles. The molecule has 0 fully saturated rings. The van der Waals surface area contributed by atoms with Crippen LogP contribution in [0.3, 0.4) is 0 Å². The fourth-order valence-electron chi connectivity index (χ4n) is 2.91. The molecule has 1 amide bonds. The maximum absolute atomic E-state index is 12.3. The summed E-state index contributed by atoms with van der Waals surface area (Å²) in [7, 11) is 0. The number of aromatic nitrogens is 3. The molecule has 6 heteroatoms. The molecule has 0 radical (unpaired) electrons. The van der Waals surface area contributed by atoms with Crippen molar-refractivity contribution in [2.75, 3.05) is 18.8 Å². The predicted octanol–water partition coefficient (Wildman–Crippen LogP) is 4.49. The second-order valence-electron chi connectivity index (χ2n) is 6.39. The van der Waals surface area contributed by atoms with Crippen LogP contribution in [0.15, 0.2) is 35.5 Å². The normalized spacial score (nSPS) is 10.9. The molecule has 1 aromatic carbocycles. The lowest BCUT2D eigenvalue weighted by Gasteiger charge is -2.21. The van der Waals surface area contributed by atoms with E-state index in [1.165, 1.54) is 0 Å². The third kappa shape index (κ3) is 5.87. The zero-order chi connectivity index (χ0) is 18.8. The summed E-state index contributed by atoms with van der Waals surface area (Å²) >= 11 is 1.71. The van der Waals surface area contributed by atoms with Gasteiger partial charge in [0.2, 0.25) is 5.91 Å². The zero-order valence-electron chi connectivity index (χ0n) is 16.1. The van der Waals surface area contributed by atoms with Crippen molar-refractivity contribution in [1.29, 1.82) is 0 Å². The number of hydrogen-bond acceptors (Lipinski definition) is 4. The van der Waals surface area contributed by atoms with Gasteiger partial charge in [0, 0.05) is 31.0 Å². The zero-order valence-corrected chi connectivity index (χ0v) is 17.0. The van der Waals surface area contributed by atoms with E-state index in [1.807, 2.05) is 30.0 Å². The van der Waals surface area contributed by atoms with Crippen molar-refractivity contribution in [2.45, 2.75) is 58.0 Å². The van der Waals surface area contributed by atoms with Gasteiger partial charge in [0.05, 0.1) is 0 Å². The lowest BCUT2D eigenvalue weighted by molar-refractivity contribution is -0.131. The average Bonchev–Trinajstić information content (AvgIpc) is 3.02. The maximum atomic E-state index is 12.3. The minimum absolute atomic E-state index is 0.294. The van der Waals surface area contributed by atoms with Crippen LogP contribution in [0.1, 0.15) is 51.8 Å². The van der Waals surface area contributed by atoms with Crippen molar-refractivity contribution < 1.29 is 4.79 Å². The van der Waals surface area contributed by atoms with Crippen LogP contribution in [0.4, 0.5) is 0 Å². The number of aryl methyl sites for hydroxylation is 1. The number of carbonyl (C=O) groups is 1. The lowest BCUT2D eigenvalue weighted by Crippen LogP contribution is -2.32. The molecule has 142 valence electrons. The minimum atomic E-state index is 0.294. The third-order valence-electron chi connectivity index (χ3n) is 4.17. The van der Waals surface area contributed by atoms with Gasteiger partial charge in [-0.1, -0.05) is 43.8 Å². The van der Waals surface area contributed by atoms with E-state index >= 15 is 0 Å². The van der Waals surface area contributed by atoms with Gasteiger partial charge in [0.25, 0.3) is 0 Å². The Bertz CT molecular complexity index is 666. The number of thioether (sulfide) groups is 1. The minimum Gasteiger partial charge on any atom is -0.343 e. The smallest absolute Gasteiger partial charge is 0.222 e. The quantitative estimate of drug-likeness (QED) is 0.430. The van der Waals surface area contributed by atoms with E-state index < -0.39 is 0 Å². The largest absolute Gasteiger partial charge is 0.343 e. The standard InChI is InChI=1S/C20H30N4OS/c1-4-14-23(15-5-2)19(25)13-9-10-16-26-20-22-21-17(3)24(20)18-11-7-6-8-12-18/h6-8,11-12H,4-5,9-10,13-16H2,1-3H3. The van der Waals surface area contributed by atoms with Crippen LogP contribution in [-0.2, 0) is 4.79 Å². The summed E-state index contributed by atoms with van der Waals surface area (Å²) in [6.07, 6.45) is 4.62. The Kier molecular flexibility index (Phi) is 8.68. The highest BCUT2D eigenvalue weighted by atomic mass is 32.2. The topological polar surface area (TPSA) is 51.0 Å². The Morgan fingerprint density at radius 2 is 1.77 bits per heavy atom. The molecule has 0 aliphatic heterocycles. The summed E-state index contributed by atoms with van der Waals surface area (Å²) in [6.45, 7) is 7.97. The average molecular weight is 375 g/mol. The van der Waals surface area contributed by atoms with E-state index in [0.29, 0.717) is 12.3 Å². The summed E-state index contributed by atoms with van der Waals surface area (Å²) in [5.41, 5.74) is 1.09. The molecule has 0 aliphatic rings. The van der Waals surface area contributed by atoms with Crippen molar-refractivity contribution in [3.63, 3.8) is 0 Å². The second kappa shape index (κ2) is 11.0. The van der Waals surface area contributed by atoms with Crippen molar-refractivity contribution in [2.24, 2.45) is 0 Å². The Morgan fingerprint density at radius 3 is 2.42 bits per heavy atom. The maximum Gasteiger partial charge on any atom is 0.222 e. The molecule has 0 bridgehead atoms. The van der Waals surface area contributed by atoms with Crippen molar-refractivity contribution in [3.8, 4) is 5.69 Å². The van der Waals surface area contributed by atoms with Crippen molar-refractivity contribution in [1.82, 2.24) is 19.7 Å². The van der Waals surface area contributed by atoms with Crippen molar-refractivity contribution >= 4 is 17.7 Å². The summed E-state index contributed by atoms with van der Waals surface area (Å²) in [4.78, 5) is 14.3. The molecule has 0 spiro atoms. The molecule has 0 N–H and O–H groups in total. The van der Waals surface area contributed by atoms with Gasteiger partial charge in [-0.15, -0.1) is 10.2 Å². The molecule has 1 heterocycles. The van der Waals surface area contributed by atoms with E-state index in [9.17, 15) is 4.79 Å². The Labute approximate surface area is 161 Å². The van der Waals surface area contributed by atoms with Crippen LogP contribution in [0, 0.1) is 6.92 Å². The molecule has 0 atom stereocenters. The van der Waals surface area contributed by atoms with E-state index in [0.717, 1.165) is 61.2 Å². The van der Waals surface area contributed by atoms with Gasteiger partial charge in [-0.05, 0) is 44.7 Å². The Hall–Kier alpha value is -1.82. The molecule has 2 aromatic rings. The predicted molar refractivity (Wildman–Crippen MR) is 108 cm³/mol. The van der Waals surface area contributed by atoms with Crippen LogP contribution >= 0.6 is 11.8 Å². The molecule has 5 nitrogen and oxygen atoms in total. The SMILES string of the molecule is CCCN(CCC)C(=O)CCCCSc1nnc(C)n1-c1ccccc1. The van der Waals surface area contributed by atoms with E-state index in [1.54, 1.807) is 11.8 Å². The molecule has 2 rings (SSSR count). The number of para-hydroxylation sites is 1. The van der Waals surface area contributed by atoms with Crippen LogP contribution < -0.4 is 0 Å². The Morgan fingerprint density at radius 1 is 1.08 bits per heavy atom. The highest BCUT2D eigenvalue weighted by molar-refractivity contribution is 7.99. The van der Waals surface area contributed by atoms with Gasteiger partial charge in [-0.25, -0.2) is 0 Å². The third-order valence-corrected chi connectivity index (χ3v) is 5.18. The van der Waals surface area contributed by atoms with Gasteiger partial charge in [0.1, 0.15) is 5.82 Å². The van der Waals surface area contributed by atoms with Gasteiger partial charge in [-0.2, -0.15) is 0 Å². The van der Waals surface area contributed by atoms with Gasteiger partial charge >= 0.3 is 0 Å². The van der Waals surface area contributed by atoms with E-state index in [4.69, 9.17) is 0 Å². The van der Waals surface area contributed by atoms with Crippen molar-refractivity contribution in [3.05, 3.63) is 36.2 Å². The van der Waals surface area contributed by atoms with Gasteiger partial charge in [-0.3, -0.25) is 9.36 Å². The first-order valence-corrected chi connectivity index (χ1v) is 10.5. The fourth-order valence-corrected chi connectivity index (χ4v) is 3.91. The summed E-state index contributed by atoms with van der Waals surface area (Å²) < 4.78 is 2.08. The summed E-state index contributed by atoms with van der Waals surface area (Å²) in [6, 6.07) is 10.2. The number of unbranched alkanes of at least 4 members (excludes halogenated alkanes) is 1. The fraction of sp³-hybridized carbons (Fsp3) is 0.550. The monoisotopic (exact) mass is 374 g/mol. The van der Waals surface area contributed by atoms with Gasteiger partial charge in [0.15, 0.2) is 5.16 Å². The van der Waals surface area contributed by atoms with E-state index in [2.05, 4.69) is 40.7 Å². The number of hydrogen-bond donors (Lipinski definition) is 0.